The first-order valence-corrected chi connectivity index (χ1v) is 15.5. The number of hydrogen-bond acceptors (Lipinski definition) is 9. The Hall–Kier alpha value is -5.16. The standard InChI is InChI=1S/C35H42N8O3/c1-24(2)37-14-16-43(27-17-28(45-3)20-29(18-27)46-4)26-12-13-32-33(19-26)40-34(22-38-32)25-21-39-42(23-25)15-8-7-11-35(44)41-31-10-6-5-9-30(31)36/h5-6,9-10,12-13,17-24,37H,7-8,11,14-16,36H2,1-4H3,(H,41,44). The van der Waals surface area contributed by atoms with Crippen molar-refractivity contribution in [3.05, 3.63) is 79.3 Å². The number of methoxy groups -OCH3 is 2. The highest BCUT2D eigenvalue weighted by Gasteiger charge is 2.15. The lowest BCUT2D eigenvalue weighted by Gasteiger charge is -2.27. The van der Waals surface area contributed by atoms with Gasteiger partial charge < -0.3 is 30.7 Å². The summed E-state index contributed by atoms with van der Waals surface area (Å²) in [6.07, 6.45) is 7.50. The van der Waals surface area contributed by atoms with E-state index in [1.54, 1.807) is 38.7 Å². The molecule has 0 aliphatic rings. The van der Waals surface area contributed by atoms with Crippen LogP contribution < -0.4 is 30.7 Å². The van der Waals surface area contributed by atoms with Gasteiger partial charge in [-0.1, -0.05) is 26.0 Å². The number of nitrogen functional groups attached to an aromatic ring is 1. The molecule has 0 unspecified atom stereocenters. The lowest BCUT2D eigenvalue weighted by atomic mass is 10.2. The van der Waals surface area contributed by atoms with E-state index in [1.165, 1.54) is 0 Å². The lowest BCUT2D eigenvalue weighted by Crippen LogP contribution is -2.32. The van der Waals surface area contributed by atoms with Crippen LogP contribution in [-0.2, 0) is 11.3 Å². The summed E-state index contributed by atoms with van der Waals surface area (Å²) in [5.41, 5.74) is 12.3. The minimum atomic E-state index is -0.0508. The van der Waals surface area contributed by atoms with Gasteiger partial charge in [-0.15, -0.1) is 0 Å². The minimum absolute atomic E-state index is 0.0508. The largest absolute Gasteiger partial charge is 0.497 e. The van der Waals surface area contributed by atoms with E-state index >= 15 is 0 Å². The van der Waals surface area contributed by atoms with E-state index in [4.69, 9.17) is 25.2 Å². The lowest BCUT2D eigenvalue weighted by molar-refractivity contribution is -0.116. The van der Waals surface area contributed by atoms with Gasteiger partial charge >= 0.3 is 0 Å². The summed E-state index contributed by atoms with van der Waals surface area (Å²) in [6, 6.07) is 19.6. The number of amides is 1. The SMILES string of the molecule is COc1cc(OC)cc(N(CCNC(C)C)c2ccc3ncc(-c4cnn(CCCCC(=O)Nc5ccccc5N)c4)nc3c2)c1. The molecular weight excluding hydrogens is 580 g/mol. The molecular formula is C35H42N8O3. The van der Waals surface area contributed by atoms with Gasteiger partial charge in [-0.2, -0.15) is 5.10 Å². The molecule has 0 radical (unpaired) electrons. The second-order valence-electron chi connectivity index (χ2n) is 11.3. The molecule has 46 heavy (non-hydrogen) atoms. The molecule has 0 fully saturated rings. The van der Waals surface area contributed by atoms with Crippen molar-refractivity contribution in [2.75, 3.05) is 43.3 Å². The Morgan fingerprint density at radius 2 is 1.74 bits per heavy atom. The number of rotatable bonds is 15. The zero-order valence-electron chi connectivity index (χ0n) is 26.9. The second-order valence-corrected chi connectivity index (χ2v) is 11.3. The molecule has 0 aliphatic heterocycles. The Morgan fingerprint density at radius 1 is 0.957 bits per heavy atom. The first-order valence-electron chi connectivity index (χ1n) is 15.5. The number of hydrogen-bond donors (Lipinski definition) is 3. The molecule has 240 valence electrons. The fourth-order valence-electron chi connectivity index (χ4n) is 5.13. The number of carbonyl (C=O) groups is 1. The summed E-state index contributed by atoms with van der Waals surface area (Å²) in [7, 11) is 3.31. The van der Waals surface area contributed by atoms with Crippen molar-refractivity contribution in [1.82, 2.24) is 25.1 Å². The summed E-state index contributed by atoms with van der Waals surface area (Å²) in [6.45, 7) is 6.47. The number of fused-ring (bicyclic) bond motifs is 1. The summed E-state index contributed by atoms with van der Waals surface area (Å²) in [5.74, 6) is 1.39. The molecule has 0 bridgehead atoms. The molecule has 0 aliphatic carbocycles. The number of para-hydroxylation sites is 2. The van der Waals surface area contributed by atoms with Crippen molar-refractivity contribution in [2.24, 2.45) is 0 Å². The predicted octanol–water partition coefficient (Wildman–Crippen LogP) is 6.04. The molecule has 1 amide bonds. The van der Waals surface area contributed by atoms with Gasteiger partial charge in [0.15, 0.2) is 0 Å². The summed E-state index contributed by atoms with van der Waals surface area (Å²) in [4.78, 5) is 24.2. The van der Waals surface area contributed by atoms with Gasteiger partial charge in [-0.05, 0) is 43.2 Å². The van der Waals surface area contributed by atoms with Crippen molar-refractivity contribution in [3.8, 4) is 22.8 Å². The van der Waals surface area contributed by atoms with E-state index in [1.807, 2.05) is 47.3 Å². The molecule has 0 spiro atoms. The van der Waals surface area contributed by atoms with E-state index < -0.39 is 0 Å². The van der Waals surface area contributed by atoms with Crippen LogP contribution in [0.1, 0.15) is 33.1 Å². The number of nitrogens with one attached hydrogen (secondary N) is 2. The van der Waals surface area contributed by atoms with Gasteiger partial charge in [0.25, 0.3) is 0 Å². The topological polar surface area (TPSA) is 132 Å². The molecule has 11 heteroatoms. The molecule has 4 N–H and O–H groups in total. The Morgan fingerprint density at radius 3 is 2.48 bits per heavy atom. The van der Waals surface area contributed by atoms with Crippen LogP contribution in [0.25, 0.3) is 22.3 Å². The van der Waals surface area contributed by atoms with Gasteiger partial charge in [0.1, 0.15) is 11.5 Å². The Labute approximate surface area is 269 Å². The third-order valence-corrected chi connectivity index (χ3v) is 7.58. The Bertz CT molecular complexity index is 1750. The normalized spacial score (nSPS) is 11.2. The predicted molar refractivity (Wildman–Crippen MR) is 184 cm³/mol. The van der Waals surface area contributed by atoms with Crippen LogP contribution in [0.5, 0.6) is 11.5 Å². The van der Waals surface area contributed by atoms with Crippen LogP contribution in [0, 0.1) is 0 Å². The Kier molecular flexibility index (Phi) is 10.7. The molecule has 2 aromatic heterocycles. The van der Waals surface area contributed by atoms with Crippen molar-refractivity contribution in [1.29, 1.82) is 0 Å². The average molecular weight is 623 g/mol. The number of aryl methyl sites for hydroxylation is 1. The molecule has 3 aromatic carbocycles. The highest BCUT2D eigenvalue weighted by molar-refractivity contribution is 5.93. The van der Waals surface area contributed by atoms with Gasteiger partial charge in [0.2, 0.25) is 5.91 Å². The van der Waals surface area contributed by atoms with Gasteiger partial charge in [-0.3, -0.25) is 14.5 Å². The zero-order valence-corrected chi connectivity index (χ0v) is 26.9. The first kappa shape index (κ1) is 32.2. The number of nitrogens with two attached hydrogens (primary N) is 1. The average Bonchev–Trinajstić information content (AvgIpc) is 3.54. The van der Waals surface area contributed by atoms with Gasteiger partial charge in [0, 0.05) is 73.4 Å². The Balaban J connectivity index is 1.28. The molecule has 11 nitrogen and oxygen atoms in total. The summed E-state index contributed by atoms with van der Waals surface area (Å²) < 4.78 is 13.0. The van der Waals surface area contributed by atoms with Crippen LogP contribution >= 0.6 is 0 Å². The molecule has 2 heterocycles. The second kappa shape index (κ2) is 15.2. The number of ether oxygens (including phenoxy) is 2. The van der Waals surface area contributed by atoms with Crippen molar-refractivity contribution in [3.63, 3.8) is 0 Å². The van der Waals surface area contributed by atoms with Crippen LogP contribution in [-0.4, -0.2) is 59.0 Å². The van der Waals surface area contributed by atoms with Crippen LogP contribution in [0.15, 0.2) is 79.3 Å². The number of unbranched alkanes of at least 4 members (excludes halogenated alkanes) is 1. The van der Waals surface area contributed by atoms with E-state index in [-0.39, 0.29) is 5.91 Å². The maximum atomic E-state index is 12.3. The summed E-state index contributed by atoms with van der Waals surface area (Å²) >= 11 is 0. The molecule has 5 aromatic rings. The van der Waals surface area contributed by atoms with Crippen molar-refractivity contribution in [2.45, 2.75) is 45.7 Å². The summed E-state index contributed by atoms with van der Waals surface area (Å²) in [5, 5.41) is 10.9. The maximum Gasteiger partial charge on any atom is 0.224 e. The van der Waals surface area contributed by atoms with Gasteiger partial charge in [-0.25, -0.2) is 4.98 Å². The highest BCUT2D eigenvalue weighted by Crippen LogP contribution is 2.34. The van der Waals surface area contributed by atoms with E-state index in [0.29, 0.717) is 30.4 Å². The highest BCUT2D eigenvalue weighted by atomic mass is 16.5. The number of aromatic nitrogens is 4. The molecule has 0 saturated carbocycles. The fraction of sp³-hybridized carbons (Fsp3) is 0.314. The van der Waals surface area contributed by atoms with Gasteiger partial charge in [0.05, 0.1) is 54.7 Å². The van der Waals surface area contributed by atoms with Crippen LogP contribution in [0.3, 0.4) is 0 Å². The van der Waals surface area contributed by atoms with E-state index in [9.17, 15) is 4.79 Å². The molecule has 0 saturated heterocycles. The van der Waals surface area contributed by atoms with E-state index in [0.717, 1.165) is 71.1 Å². The minimum Gasteiger partial charge on any atom is -0.497 e. The molecule has 0 atom stereocenters. The fourth-order valence-corrected chi connectivity index (χ4v) is 5.13. The third-order valence-electron chi connectivity index (χ3n) is 7.58. The zero-order chi connectivity index (χ0) is 32.5. The van der Waals surface area contributed by atoms with Crippen molar-refractivity contribution >= 4 is 39.7 Å². The van der Waals surface area contributed by atoms with Crippen molar-refractivity contribution < 1.29 is 14.3 Å². The van der Waals surface area contributed by atoms with Crippen LogP contribution in [0.2, 0.25) is 0 Å². The number of benzene rings is 3. The first-order chi connectivity index (χ1) is 22.3. The maximum absolute atomic E-state index is 12.3. The number of anilines is 4. The number of carbonyl (C=O) groups excluding carboxylic acids is 1. The third kappa shape index (κ3) is 8.30. The van der Waals surface area contributed by atoms with Crippen LogP contribution in [0.4, 0.5) is 22.7 Å². The molecule has 5 rings (SSSR count). The quantitative estimate of drug-likeness (QED) is 0.0945. The van der Waals surface area contributed by atoms with E-state index in [2.05, 4.69) is 46.6 Å². The smallest absolute Gasteiger partial charge is 0.224 e. The number of nitrogens with zero attached hydrogens (tertiary/aromatic N) is 5. The monoisotopic (exact) mass is 622 g/mol.